The third-order valence-electron chi connectivity index (χ3n) is 5.59. The highest BCUT2D eigenvalue weighted by atomic mass is 32.2. The molecular formula is C25H30N4O5S2. The molecule has 2 aromatic carbocycles. The van der Waals surface area contributed by atoms with Gasteiger partial charge in [0.15, 0.2) is 0 Å². The molecule has 2 aliphatic rings. The molecule has 0 saturated carbocycles. The van der Waals surface area contributed by atoms with E-state index in [2.05, 4.69) is 10.6 Å². The molecule has 0 spiro atoms. The summed E-state index contributed by atoms with van der Waals surface area (Å²) in [7, 11) is -1.44. The summed E-state index contributed by atoms with van der Waals surface area (Å²) in [6, 6.07) is 12.1. The zero-order chi connectivity index (χ0) is 26.0. The van der Waals surface area contributed by atoms with Crippen LogP contribution in [-0.4, -0.2) is 68.4 Å². The maximum absolute atomic E-state index is 13.2. The molecule has 2 aromatic rings. The Balaban J connectivity index is 1.38. The first-order valence-corrected chi connectivity index (χ1v) is 13.7. The van der Waals surface area contributed by atoms with Crippen LogP contribution in [0.4, 0.5) is 16.2 Å². The van der Waals surface area contributed by atoms with Crippen molar-refractivity contribution >= 4 is 52.0 Å². The van der Waals surface area contributed by atoms with E-state index in [-0.39, 0.29) is 23.2 Å². The van der Waals surface area contributed by atoms with Gasteiger partial charge in [-0.15, -0.1) is 11.8 Å². The number of hydrogen-bond donors (Lipinski definition) is 2. The largest absolute Gasteiger partial charge is 0.444 e. The van der Waals surface area contributed by atoms with Gasteiger partial charge in [-0.1, -0.05) is 6.07 Å². The number of ether oxygens (including phenoxy) is 1. The van der Waals surface area contributed by atoms with Crippen LogP contribution in [0.15, 0.2) is 52.3 Å². The average Bonchev–Trinajstić information content (AvgIpc) is 2.83. The van der Waals surface area contributed by atoms with E-state index in [4.69, 9.17) is 4.74 Å². The molecule has 1 fully saturated rings. The minimum atomic E-state index is -1.44. The molecule has 36 heavy (non-hydrogen) atoms. The van der Waals surface area contributed by atoms with E-state index >= 15 is 0 Å². The topological polar surface area (TPSA) is 108 Å². The third-order valence-corrected chi connectivity index (χ3v) is 8.26. The van der Waals surface area contributed by atoms with Gasteiger partial charge in [-0.05, 0) is 64.1 Å². The van der Waals surface area contributed by atoms with Gasteiger partial charge in [-0.2, -0.15) is 0 Å². The van der Waals surface area contributed by atoms with Crippen molar-refractivity contribution in [1.82, 2.24) is 9.21 Å². The number of carbonyl (C=O) groups excluding carboxylic acids is 3. The van der Waals surface area contributed by atoms with Gasteiger partial charge in [0, 0.05) is 42.3 Å². The van der Waals surface area contributed by atoms with Gasteiger partial charge >= 0.3 is 6.09 Å². The van der Waals surface area contributed by atoms with E-state index < -0.39 is 16.6 Å². The van der Waals surface area contributed by atoms with Crippen molar-refractivity contribution in [3.8, 4) is 0 Å². The molecule has 0 aromatic heterocycles. The molecule has 2 unspecified atom stereocenters. The number of benzene rings is 2. The number of thioether (sulfide) groups is 1. The van der Waals surface area contributed by atoms with Gasteiger partial charge < -0.3 is 20.3 Å². The number of carbonyl (C=O) groups is 3. The average molecular weight is 531 g/mol. The first kappa shape index (κ1) is 26.2. The second-order valence-corrected chi connectivity index (χ2v) is 12.5. The van der Waals surface area contributed by atoms with Crippen molar-refractivity contribution < 1.29 is 23.3 Å². The van der Waals surface area contributed by atoms with E-state index in [0.29, 0.717) is 48.0 Å². The molecule has 0 bridgehead atoms. The molecule has 2 heterocycles. The maximum atomic E-state index is 13.2. The highest BCUT2D eigenvalue weighted by molar-refractivity contribution is 8.01. The van der Waals surface area contributed by atoms with Crippen LogP contribution in [0.1, 0.15) is 38.1 Å². The predicted octanol–water partition coefficient (Wildman–Crippen LogP) is 3.95. The Kier molecular flexibility index (Phi) is 7.72. The molecular weight excluding hydrogens is 500 g/mol. The first-order valence-electron chi connectivity index (χ1n) is 11.7. The third kappa shape index (κ3) is 6.26. The van der Waals surface area contributed by atoms with Gasteiger partial charge in [0.25, 0.3) is 5.91 Å². The SMILES string of the molecule is CC1Sc2ccc(C(=O)Nc3cccc(S(=O)N4CCN(C(=O)OC(C)(C)C)CC4)c3)cc2NC1=O. The molecule has 3 amide bonds. The molecule has 4 rings (SSSR count). The minimum Gasteiger partial charge on any atom is -0.444 e. The Morgan fingerprint density at radius 1 is 1.11 bits per heavy atom. The molecule has 9 nitrogen and oxygen atoms in total. The van der Waals surface area contributed by atoms with Crippen LogP contribution in [0.25, 0.3) is 0 Å². The van der Waals surface area contributed by atoms with E-state index in [1.165, 1.54) is 11.8 Å². The van der Waals surface area contributed by atoms with Crippen molar-refractivity contribution in [2.24, 2.45) is 0 Å². The van der Waals surface area contributed by atoms with Crippen molar-refractivity contribution in [3.05, 3.63) is 48.0 Å². The maximum Gasteiger partial charge on any atom is 0.410 e. The number of nitrogens with zero attached hydrogens (tertiary/aromatic N) is 2. The smallest absolute Gasteiger partial charge is 0.410 e. The summed E-state index contributed by atoms with van der Waals surface area (Å²) in [6.07, 6.45) is -0.368. The summed E-state index contributed by atoms with van der Waals surface area (Å²) in [5.41, 5.74) is 0.986. The number of amides is 3. The second-order valence-electron chi connectivity index (χ2n) is 9.59. The van der Waals surface area contributed by atoms with Crippen molar-refractivity contribution in [2.75, 3.05) is 36.8 Å². The standard InChI is InChI=1S/C25H30N4O5S2/c1-16-22(30)27-20-14-17(8-9-21(20)35-16)23(31)26-18-6-5-7-19(15-18)36(33)29-12-10-28(11-13-29)24(32)34-25(2,3)4/h5-9,14-16H,10-13H2,1-4H3,(H,26,31)(H,27,30). The van der Waals surface area contributed by atoms with Crippen LogP contribution in [0, 0.1) is 0 Å². The highest BCUT2D eigenvalue weighted by Gasteiger charge is 2.28. The summed E-state index contributed by atoms with van der Waals surface area (Å²) in [6.45, 7) is 9.04. The number of rotatable bonds is 4. The Morgan fingerprint density at radius 3 is 2.53 bits per heavy atom. The summed E-state index contributed by atoms with van der Waals surface area (Å²) < 4.78 is 20.4. The van der Waals surface area contributed by atoms with Crippen LogP contribution in [0.3, 0.4) is 0 Å². The van der Waals surface area contributed by atoms with Crippen molar-refractivity contribution in [3.63, 3.8) is 0 Å². The predicted molar refractivity (Wildman–Crippen MR) is 141 cm³/mol. The lowest BCUT2D eigenvalue weighted by Gasteiger charge is -2.34. The Bertz CT molecular complexity index is 1210. The first-order chi connectivity index (χ1) is 17.0. The Morgan fingerprint density at radius 2 is 1.83 bits per heavy atom. The number of fused-ring (bicyclic) bond motifs is 1. The molecule has 0 radical (unpaired) electrons. The van der Waals surface area contributed by atoms with Gasteiger partial charge in [-0.25, -0.2) is 13.3 Å². The Labute approximate surface area is 217 Å². The van der Waals surface area contributed by atoms with Gasteiger partial charge in [0.2, 0.25) is 5.91 Å². The zero-order valence-corrected chi connectivity index (χ0v) is 22.3. The van der Waals surface area contributed by atoms with Crippen LogP contribution in [0.2, 0.25) is 0 Å². The van der Waals surface area contributed by atoms with Crippen LogP contribution >= 0.6 is 11.8 Å². The van der Waals surface area contributed by atoms with Gasteiger partial charge in [-0.3, -0.25) is 9.59 Å². The fourth-order valence-electron chi connectivity index (χ4n) is 3.75. The van der Waals surface area contributed by atoms with Gasteiger partial charge in [0.1, 0.15) is 16.6 Å². The monoisotopic (exact) mass is 530 g/mol. The van der Waals surface area contributed by atoms with E-state index in [1.54, 1.807) is 45.6 Å². The molecule has 192 valence electrons. The van der Waals surface area contributed by atoms with E-state index in [0.717, 1.165) is 4.90 Å². The lowest BCUT2D eigenvalue weighted by molar-refractivity contribution is -0.115. The molecule has 0 aliphatic carbocycles. The molecule has 1 saturated heterocycles. The second kappa shape index (κ2) is 10.6. The molecule has 2 N–H and O–H groups in total. The van der Waals surface area contributed by atoms with Crippen molar-refractivity contribution in [1.29, 1.82) is 0 Å². The van der Waals surface area contributed by atoms with E-state index in [9.17, 15) is 18.6 Å². The zero-order valence-electron chi connectivity index (χ0n) is 20.7. The summed E-state index contributed by atoms with van der Waals surface area (Å²) in [5, 5.41) is 5.50. The van der Waals surface area contributed by atoms with Crippen molar-refractivity contribution in [2.45, 2.75) is 48.3 Å². The quantitative estimate of drug-likeness (QED) is 0.620. The minimum absolute atomic E-state index is 0.0906. The summed E-state index contributed by atoms with van der Waals surface area (Å²) >= 11 is 1.46. The lowest BCUT2D eigenvalue weighted by Crippen LogP contribution is -2.50. The highest BCUT2D eigenvalue weighted by Crippen LogP contribution is 2.36. The van der Waals surface area contributed by atoms with Crippen LogP contribution < -0.4 is 10.6 Å². The molecule has 2 atom stereocenters. The molecule has 2 aliphatic heterocycles. The normalized spacial score (nSPS) is 19.2. The lowest BCUT2D eigenvalue weighted by atomic mass is 10.1. The number of hydrogen-bond acceptors (Lipinski definition) is 6. The number of anilines is 2. The Hall–Kier alpha value is -2.89. The van der Waals surface area contributed by atoms with Crippen LogP contribution in [0.5, 0.6) is 0 Å². The summed E-state index contributed by atoms with van der Waals surface area (Å²) in [5.74, 6) is -0.420. The summed E-state index contributed by atoms with van der Waals surface area (Å²) in [4.78, 5) is 40.2. The number of piperazine rings is 1. The fraction of sp³-hybridized carbons (Fsp3) is 0.400. The fourth-order valence-corrected chi connectivity index (χ4v) is 5.89. The van der Waals surface area contributed by atoms with Gasteiger partial charge in [0.05, 0.1) is 15.8 Å². The molecule has 11 heteroatoms. The number of nitrogens with one attached hydrogen (secondary N) is 2. The van der Waals surface area contributed by atoms with Crippen LogP contribution in [-0.2, 0) is 20.5 Å². The van der Waals surface area contributed by atoms with E-state index in [1.807, 2.05) is 33.8 Å².